The minimum absolute atomic E-state index is 0.0146. The van der Waals surface area contributed by atoms with Gasteiger partial charge in [0, 0.05) is 34.8 Å². The summed E-state index contributed by atoms with van der Waals surface area (Å²) in [6.07, 6.45) is 6.17. The number of aromatic nitrogens is 5. The number of nitrogens with one attached hydrogen (secondary N) is 2. The standard InChI is InChI=1S/C40H52N9O3Si/c1-22(2)35(41)39(50)47-14-8-9-32(47)38-44-19-30(46-38)26-10-12-28-33-16-27-15-25(11-13-31(27)48(33)20-52-34(28)17-26)29-18-43-37(45-29)24(5)49(21-53(6)7)40(51)36(42)23(3)4/h10-13,15-19,22-24,32,35-36H,8-9,14,20-21,41-42H2,1-7H3,(H,43,45)(H,44,46). The average molecular weight is 735 g/mol. The lowest BCUT2D eigenvalue weighted by Gasteiger charge is -2.32. The summed E-state index contributed by atoms with van der Waals surface area (Å²) in [4.78, 5) is 46.7. The normalized spacial score (nSPS) is 17.3. The van der Waals surface area contributed by atoms with Crippen LogP contribution in [0.5, 0.6) is 5.75 Å². The van der Waals surface area contributed by atoms with Gasteiger partial charge in [0.2, 0.25) is 11.8 Å². The Kier molecular flexibility index (Phi) is 10.1. The van der Waals surface area contributed by atoms with E-state index in [4.69, 9.17) is 26.2 Å². The molecule has 3 aromatic heterocycles. The monoisotopic (exact) mass is 734 g/mol. The Bertz CT molecular complexity index is 2130. The Morgan fingerprint density at radius 2 is 1.64 bits per heavy atom. The number of H-pyrrole nitrogens is 2. The molecule has 12 nitrogen and oxygen atoms in total. The molecule has 0 saturated carbocycles. The van der Waals surface area contributed by atoms with Gasteiger partial charge in [-0.05, 0) is 61.9 Å². The first-order valence-electron chi connectivity index (χ1n) is 18.7. The Balaban J connectivity index is 1.11. The third-order valence-electron chi connectivity index (χ3n) is 10.8. The molecule has 1 saturated heterocycles. The van der Waals surface area contributed by atoms with Gasteiger partial charge in [0.25, 0.3) is 0 Å². The molecule has 279 valence electrons. The quantitative estimate of drug-likeness (QED) is 0.117. The maximum Gasteiger partial charge on any atom is 0.240 e. The minimum Gasteiger partial charge on any atom is -0.472 e. The van der Waals surface area contributed by atoms with Crippen LogP contribution in [0.15, 0.2) is 54.9 Å². The number of nitrogens with zero attached hydrogens (tertiary/aromatic N) is 5. The van der Waals surface area contributed by atoms with Crippen LogP contribution in [-0.2, 0) is 16.3 Å². The average Bonchev–Trinajstić information content (AvgIpc) is 3.97. The van der Waals surface area contributed by atoms with Crippen LogP contribution in [0.1, 0.15) is 71.2 Å². The summed E-state index contributed by atoms with van der Waals surface area (Å²) >= 11 is 0. The SMILES string of the molecule is CC(C)C(N)C(=O)N(C[Si](C)C)C(C)c1ncc(-c2ccc3c(c2)cc2n3COc3cc(-c4cnc(C5CCCN5C(=O)C(N)C(C)C)[nH]4)ccc3-2)[nH]1. The van der Waals surface area contributed by atoms with Gasteiger partial charge in [0.15, 0.2) is 6.73 Å². The molecule has 4 unspecified atom stereocenters. The van der Waals surface area contributed by atoms with Crippen molar-refractivity contribution in [2.45, 2.75) is 91.5 Å². The number of aromatic amines is 2. The number of nitrogens with two attached hydrogens (primary N) is 2. The summed E-state index contributed by atoms with van der Waals surface area (Å²) in [6, 6.07) is 13.4. The second kappa shape index (κ2) is 14.6. The molecule has 53 heavy (non-hydrogen) atoms. The summed E-state index contributed by atoms with van der Waals surface area (Å²) < 4.78 is 8.53. The summed E-state index contributed by atoms with van der Waals surface area (Å²) in [5.41, 5.74) is 19.5. The highest BCUT2D eigenvalue weighted by molar-refractivity contribution is 6.56. The minimum atomic E-state index is -0.732. The number of imidazole rings is 2. The van der Waals surface area contributed by atoms with Gasteiger partial charge in [0.1, 0.15) is 17.4 Å². The van der Waals surface area contributed by atoms with Crippen molar-refractivity contribution in [2.75, 3.05) is 12.7 Å². The molecule has 7 rings (SSSR count). The van der Waals surface area contributed by atoms with Gasteiger partial charge in [-0.1, -0.05) is 52.9 Å². The molecule has 0 bridgehead atoms. The number of ether oxygens (including phenoxy) is 1. The zero-order chi connectivity index (χ0) is 37.7. The number of amides is 2. The van der Waals surface area contributed by atoms with Crippen molar-refractivity contribution in [1.82, 2.24) is 34.3 Å². The molecule has 4 atom stereocenters. The summed E-state index contributed by atoms with van der Waals surface area (Å²) in [5.74, 6) is 2.42. The largest absolute Gasteiger partial charge is 0.472 e. The highest BCUT2D eigenvalue weighted by Crippen LogP contribution is 2.41. The number of benzene rings is 2. The maximum atomic E-state index is 13.4. The van der Waals surface area contributed by atoms with E-state index in [0.717, 1.165) is 74.9 Å². The lowest BCUT2D eigenvalue weighted by atomic mass is 10.0. The molecular formula is C40H52N9O3Si. The Labute approximate surface area is 312 Å². The number of carbonyl (C=O) groups excluding carboxylic acids is 2. The molecule has 13 heteroatoms. The second-order valence-electron chi connectivity index (χ2n) is 15.7. The third-order valence-corrected chi connectivity index (χ3v) is 11.8. The van der Waals surface area contributed by atoms with E-state index in [2.05, 4.69) is 70.1 Å². The van der Waals surface area contributed by atoms with Gasteiger partial charge in [0.05, 0.1) is 68.0 Å². The van der Waals surface area contributed by atoms with Gasteiger partial charge < -0.3 is 40.5 Å². The van der Waals surface area contributed by atoms with E-state index in [1.54, 1.807) is 0 Å². The first-order chi connectivity index (χ1) is 25.3. The van der Waals surface area contributed by atoms with E-state index in [0.29, 0.717) is 19.4 Å². The first-order valence-corrected chi connectivity index (χ1v) is 21.4. The predicted molar refractivity (Wildman–Crippen MR) is 210 cm³/mol. The van der Waals surface area contributed by atoms with Crippen molar-refractivity contribution < 1.29 is 14.3 Å². The van der Waals surface area contributed by atoms with Crippen LogP contribution in [0.2, 0.25) is 13.1 Å². The predicted octanol–water partition coefficient (Wildman–Crippen LogP) is 6.25. The van der Waals surface area contributed by atoms with Crippen LogP contribution in [0, 0.1) is 11.8 Å². The second-order valence-corrected chi connectivity index (χ2v) is 18.4. The van der Waals surface area contributed by atoms with E-state index in [-0.39, 0.29) is 35.7 Å². The van der Waals surface area contributed by atoms with E-state index >= 15 is 0 Å². The van der Waals surface area contributed by atoms with E-state index < -0.39 is 20.9 Å². The van der Waals surface area contributed by atoms with Crippen molar-refractivity contribution in [2.24, 2.45) is 23.3 Å². The van der Waals surface area contributed by atoms with Crippen LogP contribution in [0.3, 0.4) is 0 Å². The highest BCUT2D eigenvalue weighted by atomic mass is 28.3. The van der Waals surface area contributed by atoms with Crippen LogP contribution in [0.25, 0.3) is 44.7 Å². The van der Waals surface area contributed by atoms with Gasteiger partial charge in [-0.3, -0.25) is 9.59 Å². The Hall–Kier alpha value is -4.72. The molecule has 6 N–H and O–H groups in total. The number of rotatable bonds is 11. The van der Waals surface area contributed by atoms with Crippen LogP contribution in [-0.4, -0.2) is 79.7 Å². The summed E-state index contributed by atoms with van der Waals surface area (Å²) in [6.45, 7) is 15.4. The zero-order valence-corrected chi connectivity index (χ0v) is 32.8. The summed E-state index contributed by atoms with van der Waals surface area (Å²) in [7, 11) is -0.732. The highest BCUT2D eigenvalue weighted by Gasteiger charge is 2.35. The number of hydrogen-bond acceptors (Lipinski definition) is 7. The van der Waals surface area contributed by atoms with E-state index in [1.807, 2.05) is 56.8 Å². The first kappa shape index (κ1) is 36.6. The number of fused-ring (bicyclic) bond motifs is 5. The molecule has 2 amide bonds. The van der Waals surface area contributed by atoms with Gasteiger partial charge in [-0.2, -0.15) is 0 Å². The number of likely N-dealkylation sites (tertiary alicyclic amines) is 1. The van der Waals surface area contributed by atoms with Gasteiger partial charge in [-0.15, -0.1) is 0 Å². The zero-order valence-electron chi connectivity index (χ0n) is 31.8. The lowest BCUT2D eigenvalue weighted by Crippen LogP contribution is -2.49. The number of hydrogen-bond donors (Lipinski definition) is 4. The third kappa shape index (κ3) is 6.93. The van der Waals surface area contributed by atoms with Gasteiger partial charge in [-0.25, -0.2) is 9.97 Å². The summed E-state index contributed by atoms with van der Waals surface area (Å²) in [5, 5.41) is 1.09. The van der Waals surface area contributed by atoms with Crippen LogP contribution in [0.4, 0.5) is 0 Å². The maximum absolute atomic E-state index is 13.4. The topological polar surface area (TPSA) is 164 Å². The molecule has 2 aliphatic heterocycles. The smallest absolute Gasteiger partial charge is 0.240 e. The number of carbonyl (C=O) groups is 2. The van der Waals surface area contributed by atoms with Crippen molar-refractivity contribution >= 4 is 31.5 Å². The lowest BCUT2D eigenvalue weighted by molar-refractivity contribution is -0.135. The van der Waals surface area contributed by atoms with Crippen molar-refractivity contribution in [3.8, 4) is 39.5 Å². The fourth-order valence-electron chi connectivity index (χ4n) is 7.47. The molecule has 5 heterocycles. The fourth-order valence-corrected chi connectivity index (χ4v) is 8.58. The molecule has 0 aliphatic carbocycles. The molecule has 5 aromatic rings. The molecule has 1 radical (unpaired) electrons. The molecular weight excluding hydrogens is 683 g/mol. The van der Waals surface area contributed by atoms with E-state index in [9.17, 15) is 9.59 Å². The molecule has 1 fully saturated rings. The Morgan fingerprint density at radius 3 is 2.38 bits per heavy atom. The molecule has 0 spiro atoms. The Morgan fingerprint density at radius 1 is 0.943 bits per heavy atom. The fraction of sp³-hybridized carbons (Fsp3) is 0.450. The van der Waals surface area contributed by atoms with Crippen LogP contribution < -0.4 is 16.2 Å². The van der Waals surface area contributed by atoms with Crippen molar-refractivity contribution in [3.05, 3.63) is 66.5 Å². The van der Waals surface area contributed by atoms with E-state index in [1.165, 1.54) is 0 Å². The molecule has 2 aromatic carbocycles. The van der Waals surface area contributed by atoms with Crippen molar-refractivity contribution in [3.63, 3.8) is 0 Å². The van der Waals surface area contributed by atoms with Crippen molar-refractivity contribution in [1.29, 1.82) is 0 Å². The molecule has 2 aliphatic rings. The van der Waals surface area contributed by atoms with Crippen LogP contribution >= 0.6 is 0 Å². The van der Waals surface area contributed by atoms with Gasteiger partial charge >= 0.3 is 0 Å².